The predicted octanol–water partition coefficient (Wildman–Crippen LogP) is 4.60. The van der Waals surface area contributed by atoms with Crippen molar-refractivity contribution in [2.75, 3.05) is 6.61 Å². The molecule has 2 rings (SSSR count). The maximum absolute atomic E-state index is 11.9. The van der Waals surface area contributed by atoms with Gasteiger partial charge in [0.05, 0.1) is 5.71 Å². The molecule has 0 unspecified atom stereocenters. The summed E-state index contributed by atoms with van der Waals surface area (Å²) in [5.41, 5.74) is 4.90. The zero-order valence-corrected chi connectivity index (χ0v) is 15.1. The first-order valence-electron chi connectivity index (χ1n) is 8.12. The molecular weight excluding hydrogens is 356 g/mol. The number of benzene rings is 1. The van der Waals surface area contributed by atoms with E-state index in [9.17, 15) is 4.79 Å². The van der Waals surface area contributed by atoms with E-state index in [-0.39, 0.29) is 12.5 Å². The molecule has 1 amide bonds. The lowest BCUT2D eigenvalue weighted by molar-refractivity contribution is -0.123. The first-order chi connectivity index (χ1) is 11.2. The van der Waals surface area contributed by atoms with Gasteiger partial charge in [0.25, 0.3) is 5.91 Å². The molecule has 0 saturated carbocycles. The van der Waals surface area contributed by atoms with Gasteiger partial charge in [-0.15, -0.1) is 0 Å². The van der Waals surface area contributed by atoms with Gasteiger partial charge in [0, 0.05) is 4.47 Å². The zero-order chi connectivity index (χ0) is 16.5. The van der Waals surface area contributed by atoms with Crippen molar-refractivity contribution in [3.8, 4) is 5.75 Å². The Balaban J connectivity index is 1.77. The van der Waals surface area contributed by atoms with Crippen molar-refractivity contribution in [1.29, 1.82) is 0 Å². The van der Waals surface area contributed by atoms with E-state index >= 15 is 0 Å². The second kappa shape index (κ2) is 9.50. The Bertz CT molecular complexity index is 596. The zero-order valence-electron chi connectivity index (χ0n) is 13.5. The highest BCUT2D eigenvalue weighted by atomic mass is 79.9. The van der Waals surface area contributed by atoms with Crippen molar-refractivity contribution in [3.63, 3.8) is 0 Å². The van der Waals surface area contributed by atoms with Crippen LogP contribution in [0.5, 0.6) is 5.75 Å². The number of carbonyl (C=O) groups excluding carboxylic acids is 1. The average Bonchev–Trinajstić information content (AvgIpc) is 2.99. The smallest absolute Gasteiger partial charge is 0.277 e. The first kappa shape index (κ1) is 17.7. The number of nitrogens with zero attached hydrogens (tertiary/aromatic N) is 1. The molecule has 0 spiro atoms. The van der Waals surface area contributed by atoms with Crippen molar-refractivity contribution in [2.45, 2.75) is 45.4 Å². The molecule has 1 aliphatic rings. The molecule has 0 heterocycles. The Hall–Kier alpha value is -1.62. The van der Waals surface area contributed by atoms with E-state index in [1.54, 1.807) is 0 Å². The third-order valence-electron chi connectivity index (χ3n) is 3.67. The molecule has 4 nitrogen and oxygen atoms in total. The van der Waals surface area contributed by atoms with Gasteiger partial charge in [0.15, 0.2) is 6.61 Å². The molecule has 23 heavy (non-hydrogen) atoms. The number of hydrogen-bond acceptors (Lipinski definition) is 3. The molecular formula is C18H23BrN2O2. The summed E-state index contributed by atoms with van der Waals surface area (Å²) in [4.78, 5) is 11.9. The van der Waals surface area contributed by atoms with Gasteiger partial charge in [-0.25, -0.2) is 5.43 Å². The van der Waals surface area contributed by atoms with Crippen LogP contribution in [-0.2, 0) is 4.79 Å². The number of nitrogens with one attached hydrogen (secondary N) is 1. The summed E-state index contributed by atoms with van der Waals surface area (Å²) < 4.78 is 6.36. The lowest BCUT2D eigenvalue weighted by atomic mass is 10.1. The summed E-state index contributed by atoms with van der Waals surface area (Å²) >= 11 is 3.37. The van der Waals surface area contributed by atoms with Crippen LogP contribution in [-0.4, -0.2) is 18.2 Å². The number of rotatable bonds is 8. The predicted molar refractivity (Wildman–Crippen MR) is 96.7 cm³/mol. The molecule has 5 heteroatoms. The molecule has 0 saturated heterocycles. The Labute approximate surface area is 146 Å². The second-order valence-electron chi connectivity index (χ2n) is 5.56. The van der Waals surface area contributed by atoms with E-state index < -0.39 is 0 Å². The van der Waals surface area contributed by atoms with Crippen molar-refractivity contribution >= 4 is 27.5 Å². The number of allylic oxidation sites excluding steroid dienone is 2. The number of unbranched alkanes of at least 4 members (excludes halogenated alkanes) is 2. The quantitative estimate of drug-likeness (QED) is 0.530. The summed E-state index contributed by atoms with van der Waals surface area (Å²) in [6.07, 6.45) is 8.84. The van der Waals surface area contributed by atoms with Gasteiger partial charge in [-0.1, -0.05) is 47.8 Å². The largest absolute Gasteiger partial charge is 0.484 e. The van der Waals surface area contributed by atoms with E-state index in [4.69, 9.17) is 4.74 Å². The van der Waals surface area contributed by atoms with Gasteiger partial charge in [0.2, 0.25) is 0 Å². The van der Waals surface area contributed by atoms with Crippen molar-refractivity contribution < 1.29 is 9.53 Å². The summed E-state index contributed by atoms with van der Waals surface area (Å²) in [7, 11) is 0. The minimum absolute atomic E-state index is 0.0396. The van der Waals surface area contributed by atoms with Gasteiger partial charge < -0.3 is 4.74 Å². The van der Waals surface area contributed by atoms with Crippen molar-refractivity contribution in [1.82, 2.24) is 5.43 Å². The fourth-order valence-electron chi connectivity index (χ4n) is 2.47. The summed E-state index contributed by atoms with van der Waals surface area (Å²) in [5, 5.41) is 4.27. The molecule has 0 atom stereocenters. The number of hydrogen-bond donors (Lipinski definition) is 1. The van der Waals surface area contributed by atoms with Gasteiger partial charge in [-0.2, -0.15) is 5.10 Å². The van der Waals surface area contributed by atoms with Crippen LogP contribution in [0.2, 0.25) is 0 Å². The lowest BCUT2D eigenvalue weighted by Gasteiger charge is -2.07. The Morgan fingerprint density at radius 3 is 3.04 bits per heavy atom. The summed E-state index contributed by atoms with van der Waals surface area (Å²) in [6, 6.07) is 7.41. The number of hydrazone groups is 1. The van der Waals surface area contributed by atoms with Gasteiger partial charge in [-0.05, 0) is 49.5 Å². The van der Waals surface area contributed by atoms with Crippen LogP contribution < -0.4 is 10.2 Å². The van der Waals surface area contributed by atoms with Crippen LogP contribution >= 0.6 is 15.9 Å². The van der Waals surface area contributed by atoms with E-state index in [1.165, 1.54) is 24.8 Å². The molecule has 1 aromatic carbocycles. The van der Waals surface area contributed by atoms with E-state index in [0.717, 1.165) is 29.4 Å². The highest BCUT2D eigenvalue weighted by Crippen LogP contribution is 2.21. The van der Waals surface area contributed by atoms with Crippen molar-refractivity contribution in [2.24, 2.45) is 5.10 Å². The van der Waals surface area contributed by atoms with Crippen LogP contribution in [0.15, 0.2) is 45.5 Å². The molecule has 0 bridgehead atoms. The Morgan fingerprint density at radius 2 is 2.26 bits per heavy atom. The molecule has 1 aliphatic carbocycles. The molecule has 0 radical (unpaired) electrons. The first-order valence-corrected chi connectivity index (χ1v) is 8.91. The summed E-state index contributed by atoms with van der Waals surface area (Å²) in [6.45, 7) is 2.16. The molecule has 124 valence electrons. The number of carbonyl (C=O) groups is 1. The fourth-order valence-corrected chi connectivity index (χ4v) is 2.85. The van der Waals surface area contributed by atoms with E-state index in [2.05, 4.69) is 39.5 Å². The number of halogens is 1. The van der Waals surface area contributed by atoms with Crippen molar-refractivity contribution in [3.05, 3.63) is 40.4 Å². The fraction of sp³-hybridized carbons (Fsp3) is 0.444. The van der Waals surface area contributed by atoms with Crippen LogP contribution in [0, 0.1) is 0 Å². The maximum atomic E-state index is 11.9. The van der Waals surface area contributed by atoms with Gasteiger partial charge >= 0.3 is 0 Å². The minimum atomic E-state index is -0.239. The molecule has 0 aromatic heterocycles. The van der Waals surface area contributed by atoms with Gasteiger partial charge in [-0.3, -0.25) is 4.79 Å². The van der Waals surface area contributed by atoms with Crippen LogP contribution in [0.3, 0.4) is 0 Å². The van der Waals surface area contributed by atoms with E-state index in [0.29, 0.717) is 5.75 Å². The monoisotopic (exact) mass is 378 g/mol. The topological polar surface area (TPSA) is 50.7 Å². The summed E-state index contributed by atoms with van der Waals surface area (Å²) in [5.74, 6) is 0.417. The SMILES string of the molecule is CCCCCC1=CCC/C1=N/NC(=O)COc1cccc(Br)c1. The van der Waals surface area contributed by atoms with Crippen LogP contribution in [0.25, 0.3) is 0 Å². The van der Waals surface area contributed by atoms with Gasteiger partial charge in [0.1, 0.15) is 5.75 Å². The molecule has 0 aliphatic heterocycles. The Kier molecular flexibility index (Phi) is 7.33. The highest BCUT2D eigenvalue weighted by Gasteiger charge is 2.13. The van der Waals surface area contributed by atoms with Crippen LogP contribution in [0.1, 0.15) is 45.4 Å². The Morgan fingerprint density at radius 1 is 1.39 bits per heavy atom. The second-order valence-corrected chi connectivity index (χ2v) is 6.48. The third-order valence-corrected chi connectivity index (χ3v) is 4.17. The lowest BCUT2D eigenvalue weighted by Crippen LogP contribution is -2.25. The van der Waals surface area contributed by atoms with E-state index in [1.807, 2.05) is 24.3 Å². The number of amides is 1. The standard InChI is InChI=1S/C18H23BrN2O2/c1-2-3-4-7-14-8-5-11-17(14)20-21-18(22)13-23-16-10-6-9-15(19)12-16/h6,8-10,12H,2-5,7,11,13H2,1H3,(H,21,22)/b20-17-. The normalized spacial score (nSPS) is 15.6. The molecule has 1 aromatic rings. The third kappa shape index (κ3) is 6.18. The molecule has 0 fully saturated rings. The number of ether oxygens (including phenoxy) is 1. The van der Waals surface area contributed by atoms with Crippen LogP contribution in [0.4, 0.5) is 0 Å². The molecule has 1 N–H and O–H groups in total. The minimum Gasteiger partial charge on any atom is -0.484 e. The highest BCUT2D eigenvalue weighted by molar-refractivity contribution is 9.10. The maximum Gasteiger partial charge on any atom is 0.277 e. The average molecular weight is 379 g/mol.